The normalized spacial score (nSPS) is 17.9. The number of aromatic nitrogens is 3. The highest BCUT2D eigenvalue weighted by atomic mass is 15.3. The van der Waals surface area contributed by atoms with Crippen LogP contribution < -0.4 is 5.32 Å². The van der Waals surface area contributed by atoms with E-state index in [1.54, 1.807) is 0 Å². The molecule has 1 aromatic heterocycles. The lowest BCUT2D eigenvalue weighted by Gasteiger charge is -2.30. The van der Waals surface area contributed by atoms with Gasteiger partial charge >= 0.3 is 0 Å². The Hall–Kier alpha value is -2.37. The molecule has 0 aliphatic carbocycles. The number of aliphatic imine (C=N–C) groups is 1. The number of aryl methyl sites for hydroxylation is 2. The molecule has 0 unspecified atom stereocenters. The summed E-state index contributed by atoms with van der Waals surface area (Å²) in [5.74, 6) is 3.34. The molecule has 0 radical (unpaired) electrons. The average Bonchev–Trinajstić information content (AvgIpc) is 2.97. The highest BCUT2D eigenvalue weighted by Crippen LogP contribution is 2.16. The molecular weight excluding hydrogens is 348 g/mol. The molecule has 0 bridgehead atoms. The van der Waals surface area contributed by atoms with Crippen LogP contribution in [0.1, 0.15) is 56.6 Å². The van der Waals surface area contributed by atoms with Crippen LogP contribution in [0.5, 0.6) is 0 Å². The largest absolute Gasteiger partial charge is 0.343 e. The smallest absolute Gasteiger partial charge is 0.198 e. The molecule has 6 heteroatoms. The Morgan fingerprint density at radius 2 is 1.71 bits per heavy atom. The van der Waals surface area contributed by atoms with Crippen LogP contribution in [0.2, 0.25) is 0 Å². The summed E-state index contributed by atoms with van der Waals surface area (Å²) in [4.78, 5) is 7.35. The van der Waals surface area contributed by atoms with Gasteiger partial charge in [-0.25, -0.2) is 0 Å². The predicted octanol–water partition coefficient (Wildman–Crippen LogP) is 3.89. The molecule has 0 spiro atoms. The topological polar surface area (TPSA) is 58.3 Å². The highest BCUT2D eigenvalue weighted by molar-refractivity contribution is 5.93. The fourth-order valence-corrected chi connectivity index (χ4v) is 4.13. The number of likely N-dealkylation sites (tertiary alicyclic amines) is 1. The van der Waals surface area contributed by atoms with Crippen LogP contribution in [0, 0.1) is 0 Å². The van der Waals surface area contributed by atoms with Crippen molar-refractivity contribution >= 4 is 11.6 Å². The molecule has 0 amide bonds. The fraction of sp³-hybridized carbons (Fsp3) is 0.591. The first kappa shape index (κ1) is 19.0. The van der Waals surface area contributed by atoms with Gasteiger partial charge in [0, 0.05) is 44.7 Å². The molecule has 1 aromatic carbocycles. The first-order valence-electron chi connectivity index (χ1n) is 10.9. The number of nitrogens with zero attached hydrogens (tertiary/aromatic N) is 5. The summed E-state index contributed by atoms with van der Waals surface area (Å²) in [6.07, 6.45) is 10.7. The maximum Gasteiger partial charge on any atom is 0.198 e. The average molecular weight is 381 g/mol. The number of hydrogen-bond acceptors (Lipinski definition) is 3. The van der Waals surface area contributed by atoms with E-state index in [2.05, 4.69) is 49.2 Å². The molecule has 2 aromatic rings. The van der Waals surface area contributed by atoms with Crippen molar-refractivity contribution in [2.45, 2.75) is 64.3 Å². The van der Waals surface area contributed by atoms with Crippen LogP contribution in [0.25, 0.3) is 0 Å². The van der Waals surface area contributed by atoms with Crippen LogP contribution in [-0.2, 0) is 19.4 Å². The van der Waals surface area contributed by atoms with E-state index < -0.39 is 0 Å². The number of piperidine rings is 1. The van der Waals surface area contributed by atoms with Crippen molar-refractivity contribution in [3.63, 3.8) is 0 Å². The van der Waals surface area contributed by atoms with Crippen molar-refractivity contribution in [2.24, 2.45) is 4.99 Å². The van der Waals surface area contributed by atoms with E-state index in [0.29, 0.717) is 0 Å². The SMILES string of the molecule is c1ccc(NC(=NCCCc2nnc3n2CCCCC3)N2CCCCC2)cc1. The summed E-state index contributed by atoms with van der Waals surface area (Å²) in [5, 5.41) is 12.4. The van der Waals surface area contributed by atoms with Gasteiger partial charge < -0.3 is 14.8 Å². The zero-order valence-electron chi connectivity index (χ0n) is 16.8. The monoisotopic (exact) mass is 380 g/mol. The third kappa shape index (κ3) is 4.91. The lowest BCUT2D eigenvalue weighted by atomic mass is 10.1. The van der Waals surface area contributed by atoms with Crippen molar-refractivity contribution in [1.29, 1.82) is 0 Å². The lowest BCUT2D eigenvalue weighted by molar-refractivity contribution is 0.340. The molecule has 0 saturated carbocycles. The Bertz CT molecular complexity index is 761. The number of rotatable bonds is 5. The van der Waals surface area contributed by atoms with Gasteiger partial charge in [0.2, 0.25) is 0 Å². The molecule has 1 N–H and O–H groups in total. The molecule has 1 fully saturated rings. The molecule has 2 aliphatic rings. The number of guanidine groups is 1. The first-order chi connectivity index (χ1) is 13.9. The number of hydrogen-bond donors (Lipinski definition) is 1. The van der Waals surface area contributed by atoms with Crippen molar-refractivity contribution in [3.8, 4) is 0 Å². The van der Waals surface area contributed by atoms with Crippen molar-refractivity contribution in [2.75, 3.05) is 25.0 Å². The maximum absolute atomic E-state index is 4.95. The van der Waals surface area contributed by atoms with Crippen LogP contribution in [0.4, 0.5) is 5.69 Å². The van der Waals surface area contributed by atoms with E-state index in [4.69, 9.17) is 4.99 Å². The molecule has 28 heavy (non-hydrogen) atoms. The van der Waals surface area contributed by atoms with E-state index in [1.165, 1.54) is 44.3 Å². The zero-order chi connectivity index (χ0) is 19.0. The summed E-state index contributed by atoms with van der Waals surface area (Å²) >= 11 is 0. The molecule has 6 nitrogen and oxygen atoms in total. The van der Waals surface area contributed by atoms with Gasteiger partial charge in [0.05, 0.1) is 0 Å². The van der Waals surface area contributed by atoms with Crippen LogP contribution in [0.3, 0.4) is 0 Å². The second-order valence-corrected chi connectivity index (χ2v) is 7.84. The van der Waals surface area contributed by atoms with Gasteiger partial charge in [-0.3, -0.25) is 4.99 Å². The van der Waals surface area contributed by atoms with Gasteiger partial charge in [-0.2, -0.15) is 0 Å². The van der Waals surface area contributed by atoms with Crippen molar-refractivity contribution in [3.05, 3.63) is 42.0 Å². The molecule has 150 valence electrons. The predicted molar refractivity (Wildman–Crippen MR) is 114 cm³/mol. The van der Waals surface area contributed by atoms with Crippen LogP contribution >= 0.6 is 0 Å². The van der Waals surface area contributed by atoms with Gasteiger partial charge in [-0.05, 0) is 50.7 Å². The summed E-state index contributed by atoms with van der Waals surface area (Å²) in [6, 6.07) is 10.4. The Morgan fingerprint density at radius 1 is 0.929 bits per heavy atom. The highest BCUT2D eigenvalue weighted by Gasteiger charge is 2.16. The molecule has 0 atom stereocenters. The molecular formula is C22H32N6. The van der Waals surface area contributed by atoms with E-state index in [1.807, 2.05) is 6.07 Å². The number of para-hydroxylation sites is 1. The van der Waals surface area contributed by atoms with Crippen molar-refractivity contribution in [1.82, 2.24) is 19.7 Å². The number of nitrogens with one attached hydrogen (secondary N) is 1. The summed E-state index contributed by atoms with van der Waals surface area (Å²) in [6.45, 7) is 4.08. The van der Waals surface area contributed by atoms with Gasteiger partial charge in [0.15, 0.2) is 5.96 Å². The van der Waals surface area contributed by atoms with E-state index in [9.17, 15) is 0 Å². The van der Waals surface area contributed by atoms with E-state index >= 15 is 0 Å². The van der Waals surface area contributed by atoms with Crippen LogP contribution in [-0.4, -0.2) is 45.3 Å². The molecule has 2 aliphatic heterocycles. The number of fused-ring (bicyclic) bond motifs is 1. The van der Waals surface area contributed by atoms with Gasteiger partial charge in [0.1, 0.15) is 11.6 Å². The Balaban J connectivity index is 1.37. The second-order valence-electron chi connectivity index (χ2n) is 7.84. The summed E-state index contributed by atoms with van der Waals surface area (Å²) in [5.41, 5.74) is 1.11. The zero-order valence-corrected chi connectivity index (χ0v) is 16.8. The van der Waals surface area contributed by atoms with E-state index in [0.717, 1.165) is 62.9 Å². The first-order valence-corrected chi connectivity index (χ1v) is 10.9. The standard InChI is InChI=1S/C22H32N6/c1-4-11-19(12-5-1)24-22(27-16-7-3-8-17-27)23-15-10-14-21-26-25-20-13-6-2-9-18-28(20)21/h1,4-5,11-12H,2-3,6-10,13-18H2,(H,23,24). The molecule has 3 heterocycles. The Labute approximate surface area is 168 Å². The summed E-state index contributed by atoms with van der Waals surface area (Å²) < 4.78 is 2.35. The third-order valence-electron chi connectivity index (χ3n) is 5.69. The van der Waals surface area contributed by atoms with Gasteiger partial charge in [-0.15, -0.1) is 10.2 Å². The summed E-state index contributed by atoms with van der Waals surface area (Å²) in [7, 11) is 0. The van der Waals surface area contributed by atoms with Crippen molar-refractivity contribution < 1.29 is 0 Å². The quantitative estimate of drug-likeness (QED) is 0.486. The minimum absolute atomic E-state index is 0.813. The van der Waals surface area contributed by atoms with Gasteiger partial charge in [0.25, 0.3) is 0 Å². The Kier molecular flexibility index (Phi) is 6.58. The Morgan fingerprint density at radius 3 is 2.57 bits per heavy atom. The second kappa shape index (κ2) is 9.71. The lowest BCUT2D eigenvalue weighted by Crippen LogP contribution is -2.40. The number of benzene rings is 1. The third-order valence-corrected chi connectivity index (χ3v) is 5.69. The van der Waals surface area contributed by atoms with E-state index in [-0.39, 0.29) is 0 Å². The number of anilines is 1. The minimum atomic E-state index is 0.813. The minimum Gasteiger partial charge on any atom is -0.343 e. The van der Waals surface area contributed by atoms with Crippen LogP contribution in [0.15, 0.2) is 35.3 Å². The van der Waals surface area contributed by atoms with Gasteiger partial charge in [-0.1, -0.05) is 24.6 Å². The molecule has 4 rings (SSSR count). The molecule has 1 saturated heterocycles. The fourth-order valence-electron chi connectivity index (χ4n) is 4.13. The maximum atomic E-state index is 4.95.